The Labute approximate surface area is 108 Å². The highest BCUT2D eigenvalue weighted by Gasteiger charge is 2.25. The predicted molar refractivity (Wildman–Crippen MR) is 66.5 cm³/mol. The number of nitrogens with two attached hydrogens (primary N) is 1. The first-order valence-corrected chi connectivity index (χ1v) is 5.62. The smallest absolute Gasteiger partial charge is 0.325 e. The highest BCUT2D eigenvalue weighted by molar-refractivity contribution is 9.10. The van der Waals surface area contributed by atoms with Crippen LogP contribution in [0, 0.1) is 6.92 Å². The van der Waals surface area contributed by atoms with Crippen LogP contribution in [0.2, 0.25) is 0 Å². The van der Waals surface area contributed by atoms with E-state index in [9.17, 15) is 4.79 Å². The molecule has 0 aliphatic heterocycles. The lowest BCUT2D eigenvalue weighted by atomic mass is 10.0. The van der Waals surface area contributed by atoms with Gasteiger partial charge in [0.05, 0.1) is 18.7 Å². The summed E-state index contributed by atoms with van der Waals surface area (Å²) in [5.41, 5.74) is 6.82. The van der Waals surface area contributed by atoms with Crippen molar-refractivity contribution in [2.24, 2.45) is 5.73 Å². The second kappa shape index (κ2) is 5.37. The van der Waals surface area contributed by atoms with Crippen molar-refractivity contribution in [2.75, 3.05) is 14.2 Å². The second-order valence-corrected chi connectivity index (χ2v) is 4.27. The number of rotatable bonds is 4. The van der Waals surface area contributed by atoms with E-state index in [1.807, 2.05) is 6.92 Å². The van der Waals surface area contributed by atoms with E-state index in [0.29, 0.717) is 21.5 Å². The molecule has 0 amide bonds. The summed E-state index contributed by atoms with van der Waals surface area (Å²) in [5.74, 6) is -0.155. The molecule has 0 spiro atoms. The number of benzene rings is 1. The average Bonchev–Trinajstić information content (AvgIpc) is 2.27. The highest BCUT2D eigenvalue weighted by atomic mass is 79.9. The molecular formula is C11H14BrNO4. The fraction of sp³-hybridized carbons (Fsp3) is 0.364. The molecule has 1 aromatic carbocycles. The first-order valence-electron chi connectivity index (χ1n) is 4.83. The van der Waals surface area contributed by atoms with Gasteiger partial charge < -0.3 is 20.3 Å². The lowest BCUT2D eigenvalue weighted by Gasteiger charge is -2.18. The fourth-order valence-electron chi connectivity index (χ4n) is 1.58. The van der Waals surface area contributed by atoms with Gasteiger partial charge in [0, 0.05) is 5.56 Å². The van der Waals surface area contributed by atoms with Crippen molar-refractivity contribution in [1.82, 2.24) is 0 Å². The van der Waals surface area contributed by atoms with Crippen LogP contribution in [0.15, 0.2) is 10.5 Å². The van der Waals surface area contributed by atoms with Gasteiger partial charge in [-0.25, -0.2) is 0 Å². The summed E-state index contributed by atoms with van der Waals surface area (Å²) < 4.78 is 10.9. The van der Waals surface area contributed by atoms with Crippen LogP contribution in [0.5, 0.6) is 11.5 Å². The van der Waals surface area contributed by atoms with Gasteiger partial charge in [0.25, 0.3) is 0 Å². The third-order valence-electron chi connectivity index (χ3n) is 2.41. The van der Waals surface area contributed by atoms with Gasteiger partial charge in [-0.15, -0.1) is 0 Å². The van der Waals surface area contributed by atoms with Crippen LogP contribution in [0.4, 0.5) is 0 Å². The van der Waals surface area contributed by atoms with Crippen molar-refractivity contribution >= 4 is 21.9 Å². The van der Waals surface area contributed by atoms with Crippen LogP contribution in [0.1, 0.15) is 17.2 Å². The van der Waals surface area contributed by atoms with Crippen molar-refractivity contribution in [3.8, 4) is 11.5 Å². The SMILES string of the molecule is COc1cc(C)c(OC)c(Br)c1C(N)C(=O)O. The van der Waals surface area contributed by atoms with Gasteiger partial charge in [0.15, 0.2) is 0 Å². The molecule has 0 aliphatic rings. The maximum Gasteiger partial charge on any atom is 0.325 e. The Morgan fingerprint density at radius 1 is 1.47 bits per heavy atom. The Morgan fingerprint density at radius 3 is 2.47 bits per heavy atom. The zero-order valence-corrected chi connectivity index (χ0v) is 11.4. The molecule has 1 atom stereocenters. The molecule has 1 aromatic rings. The van der Waals surface area contributed by atoms with Crippen LogP contribution in [-0.2, 0) is 4.79 Å². The third kappa shape index (κ3) is 2.53. The molecule has 5 nitrogen and oxygen atoms in total. The summed E-state index contributed by atoms with van der Waals surface area (Å²) in [6, 6.07) is 0.524. The Balaban J connectivity index is 3.50. The van der Waals surface area contributed by atoms with Crippen molar-refractivity contribution in [2.45, 2.75) is 13.0 Å². The Hall–Kier alpha value is -1.27. The molecule has 1 unspecified atom stereocenters. The van der Waals surface area contributed by atoms with Crippen LogP contribution in [0.3, 0.4) is 0 Å². The first kappa shape index (κ1) is 13.8. The number of carbonyl (C=O) groups is 1. The van der Waals surface area contributed by atoms with E-state index >= 15 is 0 Å². The minimum Gasteiger partial charge on any atom is -0.496 e. The third-order valence-corrected chi connectivity index (χ3v) is 3.20. The quantitative estimate of drug-likeness (QED) is 0.887. The van der Waals surface area contributed by atoms with Crippen molar-refractivity contribution in [3.05, 3.63) is 21.7 Å². The number of hydrogen-bond acceptors (Lipinski definition) is 4. The predicted octanol–water partition coefficient (Wildman–Crippen LogP) is 1.86. The minimum absolute atomic E-state index is 0.363. The van der Waals surface area contributed by atoms with E-state index in [0.717, 1.165) is 5.56 Å². The molecule has 0 saturated heterocycles. The van der Waals surface area contributed by atoms with Crippen LogP contribution >= 0.6 is 15.9 Å². The summed E-state index contributed by atoms with van der Waals surface area (Å²) in [6.45, 7) is 1.84. The second-order valence-electron chi connectivity index (χ2n) is 3.47. The van der Waals surface area contributed by atoms with Gasteiger partial charge in [0.1, 0.15) is 17.5 Å². The molecule has 0 fully saturated rings. The summed E-state index contributed by atoms with van der Waals surface area (Å²) in [4.78, 5) is 11.0. The molecular weight excluding hydrogens is 290 g/mol. The zero-order chi connectivity index (χ0) is 13.2. The van der Waals surface area contributed by atoms with Gasteiger partial charge in [-0.3, -0.25) is 4.79 Å². The molecule has 0 heterocycles. The normalized spacial score (nSPS) is 12.1. The molecule has 0 aliphatic carbocycles. The molecule has 94 valence electrons. The van der Waals surface area contributed by atoms with Crippen molar-refractivity contribution < 1.29 is 19.4 Å². The summed E-state index contributed by atoms with van der Waals surface area (Å²) in [7, 11) is 2.97. The van der Waals surface area contributed by atoms with E-state index < -0.39 is 12.0 Å². The van der Waals surface area contributed by atoms with Crippen LogP contribution in [-0.4, -0.2) is 25.3 Å². The number of aliphatic carboxylic acids is 1. The first-order chi connectivity index (χ1) is 7.93. The lowest BCUT2D eigenvalue weighted by Crippen LogP contribution is -2.22. The monoisotopic (exact) mass is 303 g/mol. The molecule has 0 radical (unpaired) electrons. The topological polar surface area (TPSA) is 81.8 Å². The largest absolute Gasteiger partial charge is 0.496 e. The van der Waals surface area contributed by atoms with Crippen LogP contribution in [0.25, 0.3) is 0 Å². The van der Waals surface area contributed by atoms with Gasteiger partial charge in [0.2, 0.25) is 0 Å². The summed E-state index contributed by atoms with van der Waals surface area (Å²) in [6.07, 6.45) is 0. The Morgan fingerprint density at radius 2 is 2.06 bits per heavy atom. The zero-order valence-electron chi connectivity index (χ0n) is 9.78. The van der Waals surface area contributed by atoms with Gasteiger partial charge >= 0.3 is 5.97 Å². The van der Waals surface area contributed by atoms with E-state index in [1.54, 1.807) is 6.07 Å². The van der Waals surface area contributed by atoms with Gasteiger partial charge in [-0.1, -0.05) is 0 Å². The van der Waals surface area contributed by atoms with E-state index in [-0.39, 0.29) is 0 Å². The fourth-order valence-corrected chi connectivity index (χ4v) is 2.49. The van der Waals surface area contributed by atoms with Gasteiger partial charge in [-0.2, -0.15) is 0 Å². The molecule has 0 aromatic heterocycles. The molecule has 3 N–H and O–H groups in total. The average molecular weight is 304 g/mol. The number of carboxylic acid groups (broad SMARTS) is 1. The molecule has 17 heavy (non-hydrogen) atoms. The van der Waals surface area contributed by atoms with E-state index in [2.05, 4.69) is 15.9 Å². The highest BCUT2D eigenvalue weighted by Crippen LogP contribution is 2.40. The summed E-state index contributed by atoms with van der Waals surface area (Å²) >= 11 is 3.30. The van der Waals surface area contributed by atoms with E-state index in [4.69, 9.17) is 20.3 Å². The number of aryl methyl sites for hydroxylation is 1. The van der Waals surface area contributed by atoms with Crippen LogP contribution < -0.4 is 15.2 Å². The number of ether oxygens (including phenoxy) is 2. The molecule has 0 saturated carbocycles. The summed E-state index contributed by atoms with van der Waals surface area (Å²) in [5, 5.41) is 8.97. The maximum atomic E-state index is 11.0. The van der Waals surface area contributed by atoms with Gasteiger partial charge in [-0.05, 0) is 34.5 Å². The lowest BCUT2D eigenvalue weighted by molar-refractivity contribution is -0.138. The number of hydrogen-bond donors (Lipinski definition) is 2. The molecule has 0 bridgehead atoms. The minimum atomic E-state index is -1.17. The van der Waals surface area contributed by atoms with Crippen molar-refractivity contribution in [3.63, 3.8) is 0 Å². The Kier molecular flexibility index (Phi) is 4.36. The maximum absolute atomic E-state index is 11.0. The standard InChI is InChI=1S/C11H14BrNO4/c1-5-4-6(16-2)7(9(13)11(14)15)8(12)10(5)17-3/h4,9H,13H2,1-3H3,(H,14,15). The molecule has 1 rings (SSSR count). The number of halogens is 1. The number of carboxylic acids is 1. The number of methoxy groups -OCH3 is 2. The molecule has 6 heteroatoms. The van der Waals surface area contributed by atoms with Crippen molar-refractivity contribution in [1.29, 1.82) is 0 Å². The van der Waals surface area contributed by atoms with E-state index in [1.165, 1.54) is 14.2 Å². The Bertz CT molecular complexity index is 448.